The molecule has 0 spiro atoms. The highest BCUT2D eigenvalue weighted by atomic mass is 16.1. The first-order chi connectivity index (χ1) is 10.7. The SMILES string of the molecule is CN1C/C(=C\c2ccccn2)C(=O)C(Cc2ccccn2)C1. The Kier molecular flexibility index (Phi) is 4.39. The van der Waals surface area contributed by atoms with E-state index in [2.05, 4.69) is 14.9 Å². The highest BCUT2D eigenvalue weighted by Crippen LogP contribution is 2.21. The van der Waals surface area contributed by atoms with Crippen LogP contribution in [0.3, 0.4) is 0 Å². The van der Waals surface area contributed by atoms with E-state index in [1.807, 2.05) is 49.5 Å². The fourth-order valence-corrected chi connectivity index (χ4v) is 2.84. The number of carbonyl (C=O) groups excluding carboxylic acids is 1. The van der Waals surface area contributed by atoms with Crippen molar-refractivity contribution in [2.45, 2.75) is 6.42 Å². The van der Waals surface area contributed by atoms with Gasteiger partial charge in [-0.15, -0.1) is 0 Å². The van der Waals surface area contributed by atoms with Gasteiger partial charge in [0.25, 0.3) is 0 Å². The maximum absolute atomic E-state index is 12.7. The van der Waals surface area contributed by atoms with Crippen LogP contribution in [-0.4, -0.2) is 40.8 Å². The summed E-state index contributed by atoms with van der Waals surface area (Å²) in [6.45, 7) is 1.45. The number of aromatic nitrogens is 2. The molecule has 0 bridgehead atoms. The van der Waals surface area contributed by atoms with Crippen LogP contribution in [0, 0.1) is 5.92 Å². The van der Waals surface area contributed by atoms with Crippen molar-refractivity contribution in [2.24, 2.45) is 5.92 Å². The molecule has 0 aromatic carbocycles. The fraction of sp³-hybridized carbons (Fsp3) is 0.278. The van der Waals surface area contributed by atoms with E-state index in [-0.39, 0.29) is 11.7 Å². The Bertz CT molecular complexity index is 667. The van der Waals surface area contributed by atoms with Gasteiger partial charge in [0.1, 0.15) is 0 Å². The average Bonchev–Trinajstić information content (AvgIpc) is 2.54. The van der Waals surface area contributed by atoms with Crippen molar-refractivity contribution >= 4 is 11.9 Å². The summed E-state index contributed by atoms with van der Waals surface area (Å²) in [7, 11) is 2.05. The lowest BCUT2D eigenvalue weighted by molar-refractivity contribution is -0.121. The summed E-state index contributed by atoms with van der Waals surface area (Å²) in [4.78, 5) is 23.5. The van der Waals surface area contributed by atoms with E-state index in [1.54, 1.807) is 12.4 Å². The number of hydrogen-bond acceptors (Lipinski definition) is 4. The Balaban J connectivity index is 1.81. The maximum Gasteiger partial charge on any atom is 0.164 e. The number of rotatable bonds is 3. The third-order valence-electron chi connectivity index (χ3n) is 3.85. The largest absolute Gasteiger partial charge is 0.301 e. The summed E-state index contributed by atoms with van der Waals surface area (Å²) < 4.78 is 0. The molecule has 4 heteroatoms. The van der Waals surface area contributed by atoms with Crippen LogP contribution >= 0.6 is 0 Å². The molecule has 112 valence electrons. The van der Waals surface area contributed by atoms with Crippen molar-refractivity contribution < 1.29 is 4.79 Å². The van der Waals surface area contributed by atoms with Crippen LogP contribution in [0.4, 0.5) is 0 Å². The van der Waals surface area contributed by atoms with Gasteiger partial charge in [-0.2, -0.15) is 0 Å². The molecule has 0 N–H and O–H groups in total. The normalized spacial score (nSPS) is 21.2. The molecule has 1 fully saturated rings. The molecule has 0 amide bonds. The fourth-order valence-electron chi connectivity index (χ4n) is 2.84. The predicted molar refractivity (Wildman–Crippen MR) is 86.1 cm³/mol. The molecule has 4 nitrogen and oxygen atoms in total. The molecule has 22 heavy (non-hydrogen) atoms. The Morgan fingerprint density at radius 1 is 1.18 bits per heavy atom. The number of likely N-dealkylation sites (tertiary alicyclic amines) is 1. The molecule has 1 saturated heterocycles. The molecular weight excluding hydrogens is 274 g/mol. The van der Waals surface area contributed by atoms with E-state index < -0.39 is 0 Å². The second kappa shape index (κ2) is 6.62. The van der Waals surface area contributed by atoms with E-state index in [4.69, 9.17) is 0 Å². The zero-order chi connectivity index (χ0) is 15.4. The van der Waals surface area contributed by atoms with Crippen LogP contribution < -0.4 is 0 Å². The minimum atomic E-state index is -0.0383. The van der Waals surface area contributed by atoms with Gasteiger partial charge in [-0.25, -0.2) is 0 Å². The molecule has 0 radical (unpaired) electrons. The molecule has 1 unspecified atom stereocenters. The number of likely N-dealkylation sites (N-methyl/N-ethyl adjacent to an activating group) is 1. The van der Waals surface area contributed by atoms with E-state index in [9.17, 15) is 4.79 Å². The van der Waals surface area contributed by atoms with Gasteiger partial charge >= 0.3 is 0 Å². The van der Waals surface area contributed by atoms with Crippen molar-refractivity contribution in [1.29, 1.82) is 0 Å². The highest BCUT2D eigenvalue weighted by molar-refractivity contribution is 6.02. The quantitative estimate of drug-likeness (QED) is 0.814. The third kappa shape index (κ3) is 3.46. The summed E-state index contributed by atoms with van der Waals surface area (Å²) in [6, 6.07) is 11.6. The summed E-state index contributed by atoms with van der Waals surface area (Å²) in [5.41, 5.74) is 2.62. The van der Waals surface area contributed by atoms with E-state index in [0.29, 0.717) is 13.0 Å². The zero-order valence-electron chi connectivity index (χ0n) is 12.6. The standard InChI is InChI=1S/C18H19N3O/c1-21-12-14(10-16-6-2-4-8-19-16)18(22)15(13-21)11-17-7-3-5-9-20-17/h2-10,15H,11-13H2,1H3/b14-10+. The second-order valence-electron chi connectivity index (χ2n) is 5.71. The number of ketones is 1. The molecule has 0 aliphatic carbocycles. The smallest absolute Gasteiger partial charge is 0.164 e. The Morgan fingerprint density at radius 3 is 2.64 bits per heavy atom. The van der Waals surface area contributed by atoms with Gasteiger partial charge in [-0.05, 0) is 37.4 Å². The number of Topliss-reactive ketones (excluding diaryl/α,β-unsaturated/α-hetero) is 1. The number of carbonyl (C=O) groups is 1. The number of piperidine rings is 1. The molecule has 0 saturated carbocycles. The van der Waals surface area contributed by atoms with Crippen LogP contribution in [0.5, 0.6) is 0 Å². The molecule has 2 aromatic rings. The minimum Gasteiger partial charge on any atom is -0.301 e. The minimum absolute atomic E-state index is 0.0383. The number of hydrogen-bond donors (Lipinski definition) is 0. The van der Waals surface area contributed by atoms with Crippen LogP contribution in [0.25, 0.3) is 6.08 Å². The molecule has 2 aromatic heterocycles. The molecule has 3 rings (SSSR count). The van der Waals surface area contributed by atoms with Crippen LogP contribution in [0.1, 0.15) is 11.4 Å². The Hall–Kier alpha value is -2.33. The Morgan fingerprint density at radius 2 is 1.95 bits per heavy atom. The first kappa shape index (κ1) is 14.6. The van der Waals surface area contributed by atoms with Crippen molar-refractivity contribution in [3.8, 4) is 0 Å². The first-order valence-corrected chi connectivity index (χ1v) is 7.46. The lowest BCUT2D eigenvalue weighted by Gasteiger charge is -2.30. The lowest BCUT2D eigenvalue weighted by atomic mass is 9.88. The van der Waals surface area contributed by atoms with Crippen molar-refractivity contribution in [3.05, 3.63) is 65.8 Å². The summed E-state index contributed by atoms with van der Waals surface area (Å²) in [5.74, 6) is 0.179. The molecule has 3 heterocycles. The number of pyridine rings is 2. The van der Waals surface area contributed by atoms with Crippen molar-refractivity contribution in [3.63, 3.8) is 0 Å². The monoisotopic (exact) mass is 293 g/mol. The van der Waals surface area contributed by atoms with E-state index in [1.165, 1.54) is 0 Å². The van der Waals surface area contributed by atoms with Gasteiger partial charge in [-0.1, -0.05) is 12.1 Å². The van der Waals surface area contributed by atoms with Crippen LogP contribution in [-0.2, 0) is 11.2 Å². The van der Waals surface area contributed by atoms with Crippen LogP contribution in [0.2, 0.25) is 0 Å². The molecule has 1 atom stereocenters. The van der Waals surface area contributed by atoms with Gasteiger partial charge < -0.3 is 4.90 Å². The van der Waals surface area contributed by atoms with Crippen molar-refractivity contribution in [1.82, 2.24) is 14.9 Å². The van der Waals surface area contributed by atoms with Gasteiger partial charge in [0.2, 0.25) is 0 Å². The summed E-state index contributed by atoms with van der Waals surface area (Å²) >= 11 is 0. The predicted octanol–water partition coefficient (Wildman–Crippen LogP) is 2.23. The Labute approximate surface area is 130 Å². The average molecular weight is 293 g/mol. The van der Waals surface area contributed by atoms with Gasteiger partial charge in [0.15, 0.2) is 5.78 Å². The molecule has 1 aliphatic heterocycles. The first-order valence-electron chi connectivity index (χ1n) is 7.46. The van der Waals surface area contributed by atoms with Gasteiger partial charge in [0, 0.05) is 49.1 Å². The summed E-state index contributed by atoms with van der Waals surface area (Å²) in [6.07, 6.45) is 6.11. The second-order valence-corrected chi connectivity index (χ2v) is 5.71. The molecular formula is C18H19N3O. The topological polar surface area (TPSA) is 46.1 Å². The van der Waals surface area contributed by atoms with Gasteiger partial charge in [-0.3, -0.25) is 14.8 Å². The zero-order valence-corrected chi connectivity index (χ0v) is 12.6. The van der Waals surface area contributed by atoms with E-state index >= 15 is 0 Å². The highest BCUT2D eigenvalue weighted by Gasteiger charge is 2.29. The van der Waals surface area contributed by atoms with Crippen molar-refractivity contribution in [2.75, 3.05) is 20.1 Å². The third-order valence-corrected chi connectivity index (χ3v) is 3.85. The van der Waals surface area contributed by atoms with Gasteiger partial charge in [0.05, 0.1) is 5.69 Å². The lowest BCUT2D eigenvalue weighted by Crippen LogP contribution is -2.41. The van der Waals surface area contributed by atoms with Crippen LogP contribution in [0.15, 0.2) is 54.4 Å². The van der Waals surface area contributed by atoms with E-state index in [0.717, 1.165) is 23.5 Å². The molecule has 1 aliphatic rings. The maximum atomic E-state index is 12.7. The number of nitrogens with zero attached hydrogens (tertiary/aromatic N) is 3. The summed E-state index contributed by atoms with van der Waals surface area (Å²) in [5, 5.41) is 0.